The van der Waals surface area contributed by atoms with E-state index in [1.165, 1.54) is 36.2 Å². The summed E-state index contributed by atoms with van der Waals surface area (Å²) >= 11 is 11.8. The predicted octanol–water partition coefficient (Wildman–Crippen LogP) is 3.95. The van der Waals surface area contributed by atoms with Gasteiger partial charge in [-0.2, -0.15) is 4.31 Å². The van der Waals surface area contributed by atoms with E-state index in [1.54, 1.807) is 24.3 Å². The number of sulfonamides is 1. The lowest BCUT2D eigenvalue weighted by atomic mass is 10.1. The zero-order valence-electron chi connectivity index (χ0n) is 18.9. The molecule has 0 radical (unpaired) electrons. The molecule has 0 saturated heterocycles. The van der Waals surface area contributed by atoms with Crippen molar-refractivity contribution in [1.29, 1.82) is 0 Å². The molecule has 0 aromatic heterocycles. The number of amides is 2. The molecule has 0 bridgehead atoms. The van der Waals surface area contributed by atoms with Crippen molar-refractivity contribution in [2.45, 2.75) is 44.2 Å². The van der Waals surface area contributed by atoms with Crippen LogP contribution in [0.1, 0.15) is 32.3 Å². The predicted molar refractivity (Wildman–Crippen MR) is 131 cm³/mol. The summed E-state index contributed by atoms with van der Waals surface area (Å²) in [4.78, 5) is 27.6. The van der Waals surface area contributed by atoms with Crippen molar-refractivity contribution in [3.8, 4) is 0 Å². The van der Waals surface area contributed by atoms with Crippen molar-refractivity contribution in [2.75, 3.05) is 20.1 Å². The first-order valence-corrected chi connectivity index (χ1v) is 12.8. The summed E-state index contributed by atoms with van der Waals surface area (Å²) in [6.45, 7) is 3.96. The molecule has 10 heteroatoms. The number of nitrogens with zero attached hydrogens (tertiary/aromatic N) is 2. The van der Waals surface area contributed by atoms with Crippen LogP contribution in [-0.2, 0) is 26.2 Å². The first-order chi connectivity index (χ1) is 15.6. The molecule has 2 amide bonds. The first kappa shape index (κ1) is 27.1. The maximum absolute atomic E-state index is 13.3. The first-order valence-electron chi connectivity index (χ1n) is 10.6. The lowest BCUT2D eigenvalue weighted by Gasteiger charge is -2.32. The zero-order chi connectivity index (χ0) is 24.6. The van der Waals surface area contributed by atoms with Gasteiger partial charge in [0.2, 0.25) is 21.8 Å². The summed E-state index contributed by atoms with van der Waals surface area (Å²) in [5, 5.41) is 3.79. The molecule has 7 nitrogen and oxygen atoms in total. The molecule has 2 aromatic rings. The van der Waals surface area contributed by atoms with Gasteiger partial charge in [0.1, 0.15) is 6.04 Å². The molecule has 0 fully saturated rings. The lowest BCUT2D eigenvalue weighted by molar-refractivity contribution is -0.141. The summed E-state index contributed by atoms with van der Waals surface area (Å²) in [6, 6.07) is 11.9. The van der Waals surface area contributed by atoms with Gasteiger partial charge in [0, 0.05) is 30.2 Å². The average molecular weight is 514 g/mol. The van der Waals surface area contributed by atoms with E-state index in [0.717, 1.165) is 16.3 Å². The van der Waals surface area contributed by atoms with Gasteiger partial charge in [-0.3, -0.25) is 9.59 Å². The van der Waals surface area contributed by atoms with Crippen LogP contribution in [0.15, 0.2) is 53.4 Å². The Morgan fingerprint density at radius 3 is 2.03 bits per heavy atom. The summed E-state index contributed by atoms with van der Waals surface area (Å²) in [7, 11) is -2.59. The second-order valence-corrected chi connectivity index (χ2v) is 10.5. The largest absolute Gasteiger partial charge is 0.354 e. The van der Waals surface area contributed by atoms with E-state index < -0.39 is 28.5 Å². The summed E-state index contributed by atoms with van der Waals surface area (Å²) in [6.07, 6.45) is 1.14. The average Bonchev–Trinajstić information content (AvgIpc) is 2.78. The van der Waals surface area contributed by atoms with Gasteiger partial charge in [-0.25, -0.2) is 8.42 Å². The highest BCUT2D eigenvalue weighted by atomic mass is 35.5. The smallest absolute Gasteiger partial charge is 0.243 e. The Balaban J connectivity index is 2.29. The van der Waals surface area contributed by atoms with Crippen LogP contribution in [0.4, 0.5) is 0 Å². The molecule has 0 heterocycles. The van der Waals surface area contributed by atoms with Crippen molar-refractivity contribution >= 4 is 45.0 Å². The highest BCUT2D eigenvalue weighted by molar-refractivity contribution is 7.89. The number of carbonyl (C=O) groups excluding carboxylic acids is 2. The number of rotatable bonds is 11. The van der Waals surface area contributed by atoms with Gasteiger partial charge in [0.15, 0.2) is 0 Å². The molecule has 0 aliphatic rings. The van der Waals surface area contributed by atoms with Gasteiger partial charge in [-0.05, 0) is 54.8 Å². The number of carbonyl (C=O) groups is 2. The third-order valence-corrected chi connectivity index (χ3v) is 7.40. The van der Waals surface area contributed by atoms with Crippen LogP contribution in [0.25, 0.3) is 0 Å². The Hall–Kier alpha value is -2.13. The fraction of sp³-hybridized carbons (Fsp3) is 0.391. The van der Waals surface area contributed by atoms with Crippen molar-refractivity contribution in [2.24, 2.45) is 0 Å². The SMILES string of the molecule is CCCNC(=O)C(CC)N(Cc1ccc(Cl)cc1)C(=O)CN(C)S(=O)(=O)c1ccc(Cl)cc1. The molecule has 1 atom stereocenters. The highest BCUT2D eigenvalue weighted by Crippen LogP contribution is 2.19. The number of benzene rings is 2. The Bertz CT molecular complexity index is 1040. The number of nitrogens with one attached hydrogen (secondary N) is 1. The monoisotopic (exact) mass is 513 g/mol. The lowest BCUT2D eigenvalue weighted by Crippen LogP contribution is -2.51. The third kappa shape index (κ3) is 7.43. The van der Waals surface area contributed by atoms with Crippen molar-refractivity contribution in [3.63, 3.8) is 0 Å². The summed E-state index contributed by atoms with van der Waals surface area (Å²) in [5.41, 5.74) is 0.776. The van der Waals surface area contributed by atoms with E-state index in [2.05, 4.69) is 5.32 Å². The minimum atomic E-state index is -3.92. The van der Waals surface area contributed by atoms with E-state index in [9.17, 15) is 18.0 Å². The van der Waals surface area contributed by atoms with E-state index in [-0.39, 0.29) is 17.3 Å². The molecular formula is C23H29Cl2N3O4S. The van der Waals surface area contributed by atoms with Crippen molar-refractivity contribution in [1.82, 2.24) is 14.5 Å². The maximum Gasteiger partial charge on any atom is 0.243 e. The standard InChI is InChI=1S/C23H29Cl2N3O4S/c1-4-14-26-23(30)21(5-2)28(15-17-6-8-18(24)9-7-17)22(29)16-27(3)33(31,32)20-12-10-19(25)11-13-20/h6-13,21H,4-5,14-16H2,1-3H3,(H,26,30). The quantitative estimate of drug-likeness (QED) is 0.492. The Morgan fingerprint density at radius 1 is 0.970 bits per heavy atom. The van der Waals surface area contributed by atoms with Crippen molar-refractivity contribution < 1.29 is 18.0 Å². The normalized spacial score (nSPS) is 12.4. The number of hydrogen-bond acceptors (Lipinski definition) is 4. The molecule has 0 aliphatic heterocycles. The van der Waals surface area contributed by atoms with Gasteiger partial charge in [0.05, 0.1) is 11.4 Å². The fourth-order valence-electron chi connectivity index (χ4n) is 3.22. The van der Waals surface area contributed by atoms with Gasteiger partial charge < -0.3 is 10.2 Å². The van der Waals surface area contributed by atoms with Gasteiger partial charge in [-0.15, -0.1) is 0 Å². The number of hydrogen-bond donors (Lipinski definition) is 1. The second-order valence-electron chi connectivity index (χ2n) is 7.58. The Labute approximate surface area is 205 Å². The molecular weight excluding hydrogens is 485 g/mol. The molecule has 1 unspecified atom stereocenters. The van der Waals surface area contributed by atoms with Crippen LogP contribution in [0.2, 0.25) is 10.0 Å². The molecule has 1 N–H and O–H groups in total. The van der Waals surface area contributed by atoms with E-state index >= 15 is 0 Å². The van der Waals surface area contributed by atoms with Gasteiger partial charge >= 0.3 is 0 Å². The molecule has 0 aliphatic carbocycles. The van der Waals surface area contributed by atoms with Crippen LogP contribution in [0.5, 0.6) is 0 Å². The molecule has 33 heavy (non-hydrogen) atoms. The van der Waals surface area contributed by atoms with Gasteiger partial charge in [0.25, 0.3) is 0 Å². The van der Waals surface area contributed by atoms with E-state index in [1.807, 2.05) is 13.8 Å². The molecule has 0 spiro atoms. The van der Waals surface area contributed by atoms with E-state index in [0.29, 0.717) is 23.0 Å². The summed E-state index contributed by atoms with van der Waals surface area (Å²) in [5.74, 6) is -0.756. The second kappa shape index (κ2) is 12.4. The fourth-order valence-corrected chi connectivity index (χ4v) is 4.60. The van der Waals surface area contributed by atoms with Crippen LogP contribution in [-0.4, -0.2) is 55.6 Å². The maximum atomic E-state index is 13.3. The molecule has 2 aromatic carbocycles. The van der Waals surface area contributed by atoms with Crippen LogP contribution >= 0.6 is 23.2 Å². The molecule has 0 saturated carbocycles. The van der Waals surface area contributed by atoms with Crippen LogP contribution < -0.4 is 5.32 Å². The minimum Gasteiger partial charge on any atom is -0.354 e. The number of likely N-dealkylation sites (N-methyl/N-ethyl adjacent to an activating group) is 1. The molecule has 180 valence electrons. The number of halogens is 2. The highest BCUT2D eigenvalue weighted by Gasteiger charge is 2.31. The van der Waals surface area contributed by atoms with Crippen LogP contribution in [0.3, 0.4) is 0 Å². The molecule has 2 rings (SSSR count). The Morgan fingerprint density at radius 2 is 1.52 bits per heavy atom. The van der Waals surface area contributed by atoms with Crippen molar-refractivity contribution in [3.05, 3.63) is 64.1 Å². The zero-order valence-corrected chi connectivity index (χ0v) is 21.3. The van der Waals surface area contributed by atoms with Crippen LogP contribution in [0, 0.1) is 0 Å². The minimum absolute atomic E-state index is 0.0270. The third-order valence-electron chi connectivity index (χ3n) is 5.08. The van der Waals surface area contributed by atoms with Gasteiger partial charge in [-0.1, -0.05) is 49.2 Å². The van der Waals surface area contributed by atoms with E-state index in [4.69, 9.17) is 23.2 Å². The summed E-state index contributed by atoms with van der Waals surface area (Å²) < 4.78 is 26.8. The Kier molecular flexibility index (Phi) is 10.2. The topological polar surface area (TPSA) is 86.8 Å².